The van der Waals surface area contributed by atoms with Crippen molar-refractivity contribution in [1.82, 2.24) is 9.55 Å². The van der Waals surface area contributed by atoms with E-state index in [1.165, 1.54) is 56.6 Å². The van der Waals surface area contributed by atoms with Crippen molar-refractivity contribution in [3.8, 4) is 61.8 Å². The van der Waals surface area contributed by atoms with Gasteiger partial charge in [-0.15, -0.1) is 0 Å². The van der Waals surface area contributed by atoms with Crippen LogP contribution in [0.25, 0.3) is 72.1 Å². The quantitative estimate of drug-likeness (QED) is 0.115. The first-order chi connectivity index (χ1) is 41.5. The minimum absolute atomic E-state index is 0.0772. The van der Waals surface area contributed by atoms with Gasteiger partial charge in [-0.25, -0.2) is 13.8 Å². The second-order valence-electron chi connectivity index (χ2n) is 27.2. The van der Waals surface area contributed by atoms with Gasteiger partial charge in [-0.2, -0.15) is 0 Å². The molecular formula is C80H80F2N4O. The molecule has 0 saturated carbocycles. The molecule has 1 aliphatic heterocycles. The van der Waals surface area contributed by atoms with E-state index in [1.54, 1.807) is 0 Å². The fraction of sp³-hybridized carbons (Fsp3) is 0.263. The van der Waals surface area contributed by atoms with Crippen LogP contribution in [0.2, 0.25) is 0 Å². The van der Waals surface area contributed by atoms with Gasteiger partial charge in [0.05, 0.1) is 28.1 Å². The number of fused-ring (bicyclic) bond motifs is 4. The largest absolute Gasteiger partial charge is 0.457 e. The van der Waals surface area contributed by atoms with Crippen LogP contribution in [0.5, 0.6) is 11.5 Å². The molecule has 1 aliphatic rings. The molecule has 0 unspecified atom stereocenters. The van der Waals surface area contributed by atoms with Crippen molar-refractivity contribution in [3.05, 3.63) is 239 Å². The van der Waals surface area contributed by atoms with Gasteiger partial charge in [-0.05, 0) is 180 Å². The van der Waals surface area contributed by atoms with Gasteiger partial charge in [0.1, 0.15) is 35.6 Å². The van der Waals surface area contributed by atoms with Crippen LogP contribution >= 0.6 is 0 Å². The van der Waals surface area contributed by atoms with Gasteiger partial charge in [0.2, 0.25) is 0 Å². The van der Waals surface area contributed by atoms with Gasteiger partial charge in [-0.3, -0.25) is 4.57 Å². The minimum atomic E-state index is -0.624. The lowest BCUT2D eigenvalue weighted by atomic mass is 9.81. The third-order valence-corrected chi connectivity index (χ3v) is 17.6. The zero-order valence-electron chi connectivity index (χ0n) is 52.9. The number of rotatable bonds is 13. The van der Waals surface area contributed by atoms with Gasteiger partial charge >= 0.3 is 0 Å². The highest BCUT2D eigenvalue weighted by molar-refractivity contribution is 6.09. The Morgan fingerprint density at radius 1 is 0.437 bits per heavy atom. The fourth-order valence-corrected chi connectivity index (χ4v) is 12.7. The first kappa shape index (κ1) is 58.6. The van der Waals surface area contributed by atoms with E-state index in [9.17, 15) is 0 Å². The topological polar surface area (TPSA) is 33.5 Å². The van der Waals surface area contributed by atoms with Crippen molar-refractivity contribution >= 4 is 44.6 Å². The van der Waals surface area contributed by atoms with E-state index in [2.05, 4.69) is 281 Å². The molecule has 2 aromatic heterocycles. The number of anilines is 4. The standard InChI is InChI=1S/C80H80F2N4O/c1-48(2)53-32-54(49(3)4)34-56(33-53)70-41-60(80(12,13)14)42-71(57-35-61(81)44-62(82)36-57)78(70)85-47-84(73-26-20-21-27-74(73)85)63-37-58(77-68(50(5)6)39-55(40-69(77)51(7)8)52-22-16-15-17-23-52)38-65(45-63)87-64-28-29-67-66-24-18-19-25-72(66)86(75(67)46-64)76-43-59(30-31-83-76)79(9,10)11/h15-46,48-51H,47H2,1-14H3. The number of pyridine rings is 1. The molecule has 87 heavy (non-hydrogen) atoms. The summed E-state index contributed by atoms with van der Waals surface area (Å²) >= 11 is 0. The van der Waals surface area contributed by atoms with Crippen LogP contribution in [0.1, 0.15) is 154 Å². The number of halogens is 2. The summed E-state index contributed by atoms with van der Waals surface area (Å²) in [6.45, 7) is 31.8. The van der Waals surface area contributed by atoms with Crippen LogP contribution in [0.15, 0.2) is 194 Å². The van der Waals surface area contributed by atoms with Crippen LogP contribution in [0.4, 0.5) is 31.5 Å². The summed E-state index contributed by atoms with van der Waals surface area (Å²) in [5.41, 5.74) is 20.6. The van der Waals surface area contributed by atoms with E-state index < -0.39 is 11.6 Å². The summed E-state index contributed by atoms with van der Waals surface area (Å²) in [7, 11) is 0. The van der Waals surface area contributed by atoms with E-state index in [0.717, 1.165) is 84.3 Å². The molecule has 9 aromatic carbocycles. The highest BCUT2D eigenvalue weighted by atomic mass is 19.1. The van der Waals surface area contributed by atoms with Crippen LogP contribution < -0.4 is 14.5 Å². The van der Waals surface area contributed by atoms with E-state index in [4.69, 9.17) is 9.72 Å². The molecule has 0 N–H and O–H groups in total. The normalized spacial score (nSPS) is 12.9. The number of ether oxygens (including phenoxy) is 1. The summed E-state index contributed by atoms with van der Waals surface area (Å²) in [4.78, 5) is 9.74. The molecular weight excluding hydrogens is 1070 g/mol. The number of nitrogens with zero attached hydrogens (tertiary/aromatic N) is 4. The van der Waals surface area contributed by atoms with Crippen molar-refractivity contribution in [2.75, 3.05) is 16.5 Å². The first-order valence-corrected chi connectivity index (χ1v) is 31.0. The number of benzene rings is 9. The van der Waals surface area contributed by atoms with Crippen molar-refractivity contribution in [2.45, 2.75) is 131 Å². The van der Waals surface area contributed by atoms with Gasteiger partial charge in [-0.1, -0.05) is 188 Å². The Balaban J connectivity index is 1.09. The zero-order chi connectivity index (χ0) is 61.4. The van der Waals surface area contributed by atoms with Crippen molar-refractivity contribution in [3.63, 3.8) is 0 Å². The molecule has 0 spiro atoms. The first-order valence-electron chi connectivity index (χ1n) is 31.0. The SMILES string of the molecule is CC(C)c1cc(-c2cc(C(C)(C)C)cc(-c3cc(F)cc(F)c3)c2N2CN(c3cc(Oc4ccc5c6ccccc6n(-c6cc(C(C)(C)C)ccn6)c5c4)cc(-c4c(C(C)C)cc(-c5ccccc5)cc4C(C)C)c3)c3ccccc32)cc(C(C)C)c1. The summed E-state index contributed by atoms with van der Waals surface area (Å²) in [5.74, 6) is 1.86. The Morgan fingerprint density at radius 2 is 1.01 bits per heavy atom. The lowest BCUT2D eigenvalue weighted by Crippen LogP contribution is -2.25. The van der Waals surface area contributed by atoms with Crippen LogP contribution in [-0.4, -0.2) is 16.2 Å². The second kappa shape index (κ2) is 22.8. The van der Waals surface area contributed by atoms with E-state index in [-0.39, 0.29) is 34.5 Å². The highest BCUT2D eigenvalue weighted by Crippen LogP contribution is 2.54. The number of hydrogen-bond acceptors (Lipinski definition) is 4. The maximum Gasteiger partial charge on any atom is 0.137 e. The Bertz CT molecular complexity index is 4340. The fourth-order valence-electron chi connectivity index (χ4n) is 12.7. The number of para-hydroxylation sites is 3. The zero-order valence-corrected chi connectivity index (χ0v) is 52.9. The summed E-state index contributed by atoms with van der Waals surface area (Å²) < 4.78 is 41.3. The van der Waals surface area contributed by atoms with Crippen molar-refractivity contribution in [2.24, 2.45) is 0 Å². The molecule has 3 heterocycles. The van der Waals surface area contributed by atoms with Crippen molar-refractivity contribution < 1.29 is 13.5 Å². The van der Waals surface area contributed by atoms with Crippen molar-refractivity contribution in [1.29, 1.82) is 0 Å². The molecule has 12 rings (SSSR count). The maximum absolute atomic E-state index is 15.8. The lowest BCUT2D eigenvalue weighted by Gasteiger charge is -2.31. The third kappa shape index (κ3) is 11.3. The molecule has 0 amide bonds. The smallest absolute Gasteiger partial charge is 0.137 e. The summed E-state index contributed by atoms with van der Waals surface area (Å²) in [5, 5.41) is 2.25. The van der Waals surface area contributed by atoms with Gasteiger partial charge in [0, 0.05) is 52.0 Å². The maximum atomic E-state index is 15.8. The molecule has 0 atom stereocenters. The minimum Gasteiger partial charge on any atom is -0.457 e. The number of aromatic nitrogens is 2. The lowest BCUT2D eigenvalue weighted by molar-refractivity contribution is 0.483. The summed E-state index contributed by atoms with van der Waals surface area (Å²) in [6.07, 6.45) is 1.92. The van der Waals surface area contributed by atoms with Crippen LogP contribution in [-0.2, 0) is 10.8 Å². The Kier molecular flexibility index (Phi) is 15.3. The molecule has 440 valence electrons. The Labute approximate surface area is 514 Å². The molecule has 0 bridgehead atoms. The van der Waals surface area contributed by atoms with E-state index in [0.29, 0.717) is 23.7 Å². The molecule has 0 aliphatic carbocycles. The Hall–Kier alpha value is -8.81. The second-order valence-corrected chi connectivity index (χ2v) is 27.2. The average molecular weight is 1150 g/mol. The van der Waals surface area contributed by atoms with Crippen LogP contribution in [0.3, 0.4) is 0 Å². The van der Waals surface area contributed by atoms with E-state index in [1.807, 2.05) is 6.20 Å². The van der Waals surface area contributed by atoms with Gasteiger partial charge < -0.3 is 14.5 Å². The average Bonchev–Trinajstić information content (AvgIpc) is 1.76. The third-order valence-electron chi connectivity index (χ3n) is 17.6. The Morgan fingerprint density at radius 3 is 1.62 bits per heavy atom. The molecule has 7 heteroatoms. The van der Waals surface area contributed by atoms with Gasteiger partial charge in [0.25, 0.3) is 0 Å². The predicted octanol–water partition coefficient (Wildman–Crippen LogP) is 23.3. The summed E-state index contributed by atoms with van der Waals surface area (Å²) in [6, 6.07) is 65.4. The molecule has 5 nitrogen and oxygen atoms in total. The molecule has 11 aromatic rings. The van der Waals surface area contributed by atoms with Gasteiger partial charge in [0.15, 0.2) is 0 Å². The molecule has 0 fully saturated rings. The van der Waals surface area contributed by atoms with Crippen LogP contribution in [0, 0.1) is 11.6 Å². The van der Waals surface area contributed by atoms with E-state index >= 15 is 8.78 Å². The molecule has 0 radical (unpaired) electrons. The molecule has 0 saturated heterocycles. The highest BCUT2D eigenvalue weighted by Gasteiger charge is 2.34. The number of hydrogen-bond donors (Lipinski definition) is 0. The predicted molar refractivity (Wildman–Crippen MR) is 363 cm³/mol. The monoisotopic (exact) mass is 1150 g/mol.